The Morgan fingerprint density at radius 3 is 2.72 bits per heavy atom. The maximum Gasteiger partial charge on any atom is 0.306 e. The Morgan fingerprint density at radius 1 is 1.28 bits per heavy atom. The van der Waals surface area contributed by atoms with Crippen molar-refractivity contribution in [2.45, 2.75) is 19.1 Å². The molecule has 5 nitrogen and oxygen atoms in total. The van der Waals surface area contributed by atoms with Crippen LogP contribution in [0.3, 0.4) is 0 Å². The number of aliphatic hydroxyl groups is 1. The lowest BCUT2D eigenvalue weighted by Gasteiger charge is -2.13. The van der Waals surface area contributed by atoms with Crippen molar-refractivity contribution in [1.82, 2.24) is 4.57 Å². The molecule has 0 fully saturated rings. The highest BCUT2D eigenvalue weighted by Gasteiger charge is 2.11. The van der Waals surface area contributed by atoms with E-state index in [-0.39, 0.29) is 18.4 Å². The van der Waals surface area contributed by atoms with E-state index in [1.54, 1.807) is 35.0 Å². The molecule has 0 saturated heterocycles. The third kappa shape index (κ3) is 2.57. The van der Waals surface area contributed by atoms with Crippen LogP contribution in [-0.2, 0) is 11.3 Å². The summed E-state index contributed by atoms with van der Waals surface area (Å²) in [4.78, 5) is 22.1. The first kappa shape index (κ1) is 12.3. The van der Waals surface area contributed by atoms with Gasteiger partial charge in [0, 0.05) is 24.2 Å². The molecule has 0 aliphatic rings. The van der Waals surface area contributed by atoms with Crippen molar-refractivity contribution in [3.05, 3.63) is 46.8 Å². The minimum atomic E-state index is -1.05. The highest BCUT2D eigenvalue weighted by Crippen LogP contribution is 2.10. The van der Waals surface area contributed by atoms with Crippen LogP contribution < -0.4 is 5.43 Å². The van der Waals surface area contributed by atoms with Gasteiger partial charge < -0.3 is 14.8 Å². The second-order valence-corrected chi connectivity index (χ2v) is 4.10. The van der Waals surface area contributed by atoms with Crippen molar-refractivity contribution in [1.29, 1.82) is 0 Å². The molecule has 1 unspecified atom stereocenters. The van der Waals surface area contributed by atoms with E-state index in [0.717, 1.165) is 0 Å². The minimum absolute atomic E-state index is 0.0884. The summed E-state index contributed by atoms with van der Waals surface area (Å²) in [6, 6.07) is 8.45. The van der Waals surface area contributed by atoms with Crippen molar-refractivity contribution in [2.24, 2.45) is 0 Å². The van der Waals surface area contributed by atoms with Gasteiger partial charge in [-0.15, -0.1) is 0 Å². The topological polar surface area (TPSA) is 79.5 Å². The summed E-state index contributed by atoms with van der Waals surface area (Å²) < 4.78 is 1.68. The number of rotatable bonds is 4. The summed E-state index contributed by atoms with van der Waals surface area (Å²) in [5.74, 6) is -1.05. The number of para-hydroxylation sites is 1. The van der Waals surface area contributed by atoms with Gasteiger partial charge in [0.05, 0.1) is 18.0 Å². The predicted octanol–water partition coefficient (Wildman–Crippen LogP) is 0.837. The molecule has 0 aliphatic carbocycles. The molecule has 1 atom stereocenters. The molecule has 0 aliphatic heterocycles. The largest absolute Gasteiger partial charge is 0.481 e. The molecule has 5 heteroatoms. The van der Waals surface area contributed by atoms with Gasteiger partial charge >= 0.3 is 5.97 Å². The monoisotopic (exact) mass is 247 g/mol. The minimum Gasteiger partial charge on any atom is -0.481 e. The maximum atomic E-state index is 11.6. The van der Waals surface area contributed by atoms with E-state index < -0.39 is 12.1 Å². The molecule has 0 saturated carbocycles. The Morgan fingerprint density at radius 2 is 2.00 bits per heavy atom. The zero-order valence-corrected chi connectivity index (χ0v) is 9.61. The summed E-state index contributed by atoms with van der Waals surface area (Å²) in [6.45, 7) is 0.146. The van der Waals surface area contributed by atoms with Gasteiger partial charge in [0.2, 0.25) is 0 Å². The highest BCUT2D eigenvalue weighted by atomic mass is 16.4. The number of hydrogen-bond donors (Lipinski definition) is 2. The van der Waals surface area contributed by atoms with Crippen LogP contribution in [-0.4, -0.2) is 26.9 Å². The van der Waals surface area contributed by atoms with Gasteiger partial charge in [-0.2, -0.15) is 0 Å². The van der Waals surface area contributed by atoms with Gasteiger partial charge in [-0.1, -0.05) is 12.1 Å². The zero-order chi connectivity index (χ0) is 13.1. The lowest BCUT2D eigenvalue weighted by atomic mass is 10.2. The fourth-order valence-corrected chi connectivity index (χ4v) is 1.91. The summed E-state index contributed by atoms with van der Waals surface area (Å²) in [7, 11) is 0. The van der Waals surface area contributed by atoms with Crippen molar-refractivity contribution in [3.63, 3.8) is 0 Å². The number of nitrogens with zero attached hydrogens (tertiary/aromatic N) is 1. The van der Waals surface area contributed by atoms with Gasteiger partial charge in [0.1, 0.15) is 0 Å². The fraction of sp³-hybridized carbons (Fsp3) is 0.231. The predicted molar refractivity (Wildman–Crippen MR) is 66.5 cm³/mol. The molecule has 1 aromatic carbocycles. The molecule has 2 rings (SSSR count). The first-order valence-electron chi connectivity index (χ1n) is 5.56. The van der Waals surface area contributed by atoms with Crippen LogP contribution in [0.15, 0.2) is 41.3 Å². The number of benzene rings is 1. The third-order valence-electron chi connectivity index (χ3n) is 2.70. The number of hydrogen-bond acceptors (Lipinski definition) is 3. The summed E-state index contributed by atoms with van der Waals surface area (Å²) in [5.41, 5.74) is 0.601. The normalized spacial score (nSPS) is 12.5. The number of pyridine rings is 1. The second kappa shape index (κ2) is 5.01. The second-order valence-electron chi connectivity index (χ2n) is 4.10. The molecule has 1 aromatic heterocycles. The molecule has 0 amide bonds. The van der Waals surface area contributed by atoms with Crippen LogP contribution >= 0.6 is 0 Å². The van der Waals surface area contributed by atoms with Crippen molar-refractivity contribution >= 4 is 16.9 Å². The van der Waals surface area contributed by atoms with Gasteiger partial charge in [-0.05, 0) is 12.1 Å². The number of fused-ring (bicyclic) bond motifs is 1. The number of carboxylic acid groups (broad SMARTS) is 1. The Kier molecular flexibility index (Phi) is 3.43. The van der Waals surface area contributed by atoms with Gasteiger partial charge in [0.15, 0.2) is 5.43 Å². The molecule has 2 aromatic rings. The average Bonchev–Trinajstić information content (AvgIpc) is 2.32. The molecular formula is C13H13NO4. The Labute approximate surface area is 103 Å². The quantitative estimate of drug-likeness (QED) is 0.839. The Hall–Kier alpha value is -2.14. The summed E-state index contributed by atoms with van der Waals surface area (Å²) in [5, 5.41) is 18.8. The smallest absolute Gasteiger partial charge is 0.306 e. The van der Waals surface area contributed by atoms with Crippen LogP contribution in [0.1, 0.15) is 6.42 Å². The van der Waals surface area contributed by atoms with E-state index in [1.807, 2.05) is 0 Å². The Balaban J connectivity index is 2.37. The molecule has 94 valence electrons. The van der Waals surface area contributed by atoms with Gasteiger partial charge in [-0.3, -0.25) is 9.59 Å². The van der Waals surface area contributed by atoms with Crippen molar-refractivity contribution in [2.75, 3.05) is 0 Å². The van der Waals surface area contributed by atoms with Crippen molar-refractivity contribution in [3.8, 4) is 0 Å². The van der Waals surface area contributed by atoms with Crippen LogP contribution in [0.2, 0.25) is 0 Å². The maximum absolute atomic E-state index is 11.6. The van der Waals surface area contributed by atoms with E-state index in [2.05, 4.69) is 0 Å². The molecule has 0 radical (unpaired) electrons. The van der Waals surface area contributed by atoms with Crippen LogP contribution in [0.4, 0.5) is 0 Å². The van der Waals surface area contributed by atoms with E-state index in [9.17, 15) is 14.7 Å². The highest BCUT2D eigenvalue weighted by molar-refractivity contribution is 5.78. The molecule has 1 heterocycles. The van der Waals surface area contributed by atoms with Crippen LogP contribution in [0.25, 0.3) is 10.9 Å². The fourth-order valence-electron chi connectivity index (χ4n) is 1.91. The number of aliphatic carboxylic acids is 1. The lowest BCUT2D eigenvalue weighted by molar-refractivity contribution is -0.139. The standard InChI is InChI=1S/C13H13NO4/c15-9(7-13(17)18)8-14-6-5-12(16)10-3-1-2-4-11(10)14/h1-6,9,15H,7-8H2,(H,17,18). The molecule has 2 N–H and O–H groups in total. The number of carbonyl (C=O) groups is 1. The molecule has 0 spiro atoms. The van der Waals surface area contributed by atoms with Crippen molar-refractivity contribution < 1.29 is 15.0 Å². The molecule has 18 heavy (non-hydrogen) atoms. The average molecular weight is 247 g/mol. The van der Waals surface area contributed by atoms with E-state index >= 15 is 0 Å². The first-order valence-corrected chi connectivity index (χ1v) is 5.56. The summed E-state index contributed by atoms with van der Waals surface area (Å²) >= 11 is 0. The van der Waals surface area contributed by atoms with E-state index in [4.69, 9.17) is 5.11 Å². The number of aromatic nitrogens is 1. The Bertz CT molecular complexity index is 632. The van der Waals surface area contributed by atoms with Crippen LogP contribution in [0.5, 0.6) is 0 Å². The van der Waals surface area contributed by atoms with Crippen LogP contribution in [0, 0.1) is 0 Å². The lowest BCUT2D eigenvalue weighted by Crippen LogP contribution is -2.21. The van der Waals surface area contributed by atoms with E-state index in [0.29, 0.717) is 10.9 Å². The summed E-state index contributed by atoms with van der Waals surface area (Å²) in [6.07, 6.45) is 0.268. The van der Waals surface area contributed by atoms with Gasteiger partial charge in [-0.25, -0.2) is 0 Å². The van der Waals surface area contributed by atoms with E-state index in [1.165, 1.54) is 6.07 Å². The zero-order valence-electron chi connectivity index (χ0n) is 9.61. The number of aliphatic hydroxyl groups excluding tert-OH is 1. The first-order chi connectivity index (χ1) is 8.58. The SMILES string of the molecule is O=C(O)CC(O)Cn1ccc(=O)c2ccccc21. The molecule has 0 bridgehead atoms. The third-order valence-corrected chi connectivity index (χ3v) is 2.70. The van der Waals surface area contributed by atoms with Gasteiger partial charge in [0.25, 0.3) is 0 Å². The molecular weight excluding hydrogens is 234 g/mol. The number of carboxylic acids is 1.